The quantitative estimate of drug-likeness (QED) is 0.619. The Bertz CT molecular complexity index is 1230. The Morgan fingerprint density at radius 2 is 1.97 bits per heavy atom. The molecule has 8 nitrogen and oxygen atoms in total. The summed E-state index contributed by atoms with van der Waals surface area (Å²) in [6.07, 6.45) is 0.494. The number of benzene rings is 2. The lowest BCUT2D eigenvalue weighted by Crippen LogP contribution is -2.44. The number of anilines is 2. The smallest absolute Gasteiger partial charge is 0.265 e. The van der Waals surface area contributed by atoms with Gasteiger partial charge in [-0.1, -0.05) is 15.9 Å². The molecule has 2 aromatic rings. The molecule has 0 aromatic heterocycles. The van der Waals surface area contributed by atoms with Gasteiger partial charge in [-0.3, -0.25) is 9.59 Å². The molecule has 1 saturated heterocycles. The van der Waals surface area contributed by atoms with Crippen LogP contribution in [0, 0.1) is 19.8 Å². The fourth-order valence-electron chi connectivity index (χ4n) is 4.10. The lowest BCUT2D eigenvalue weighted by Gasteiger charge is -2.32. The predicted octanol–water partition coefficient (Wildman–Crippen LogP) is 3.82. The van der Waals surface area contributed by atoms with Gasteiger partial charge in [0.1, 0.15) is 5.75 Å². The Morgan fingerprint density at radius 1 is 1.21 bits per heavy atom. The summed E-state index contributed by atoms with van der Waals surface area (Å²) < 4.78 is 34.9. The highest BCUT2D eigenvalue weighted by Gasteiger charge is 2.35. The van der Waals surface area contributed by atoms with E-state index in [1.807, 2.05) is 25.1 Å². The van der Waals surface area contributed by atoms with Crippen LogP contribution in [0.4, 0.5) is 11.4 Å². The zero-order valence-corrected chi connectivity index (χ0v) is 21.0. The van der Waals surface area contributed by atoms with Gasteiger partial charge in [-0.25, -0.2) is 8.42 Å². The van der Waals surface area contributed by atoms with Crippen LogP contribution in [-0.4, -0.2) is 43.7 Å². The van der Waals surface area contributed by atoms with Gasteiger partial charge >= 0.3 is 0 Å². The molecule has 2 N–H and O–H groups in total. The molecular formula is C23H26BrN3O5S. The summed E-state index contributed by atoms with van der Waals surface area (Å²) in [5, 5.41) is 5.64. The minimum Gasteiger partial charge on any atom is -0.479 e. The van der Waals surface area contributed by atoms with Crippen LogP contribution in [0.2, 0.25) is 0 Å². The molecule has 2 aliphatic heterocycles. The molecule has 2 aliphatic rings. The largest absolute Gasteiger partial charge is 0.479 e. The van der Waals surface area contributed by atoms with Crippen LogP contribution in [-0.2, 0) is 19.6 Å². The van der Waals surface area contributed by atoms with Gasteiger partial charge in [0.05, 0.1) is 16.5 Å². The number of carbonyl (C=O) groups is 2. The van der Waals surface area contributed by atoms with E-state index in [0.29, 0.717) is 42.1 Å². The third kappa shape index (κ3) is 4.78. The Labute approximate surface area is 201 Å². The monoisotopic (exact) mass is 535 g/mol. The molecule has 0 bridgehead atoms. The number of hydrogen-bond donors (Lipinski definition) is 2. The first-order chi connectivity index (χ1) is 15.6. The Balaban J connectivity index is 1.54. The van der Waals surface area contributed by atoms with Crippen molar-refractivity contribution in [2.45, 2.75) is 44.6 Å². The highest BCUT2D eigenvalue weighted by Crippen LogP contribution is 2.36. The summed E-state index contributed by atoms with van der Waals surface area (Å²) >= 11 is 3.44. The van der Waals surface area contributed by atoms with E-state index in [1.165, 1.54) is 10.4 Å². The molecule has 2 amide bonds. The second-order valence-corrected chi connectivity index (χ2v) is 11.3. The normalized spacial score (nSPS) is 21.0. The molecule has 0 radical (unpaired) electrons. The maximum absolute atomic E-state index is 13.5. The van der Waals surface area contributed by atoms with E-state index in [-0.39, 0.29) is 23.3 Å². The van der Waals surface area contributed by atoms with Crippen molar-refractivity contribution in [2.24, 2.45) is 5.92 Å². The van der Waals surface area contributed by atoms with Crippen LogP contribution in [0.5, 0.6) is 5.75 Å². The van der Waals surface area contributed by atoms with Crippen LogP contribution < -0.4 is 15.4 Å². The maximum Gasteiger partial charge on any atom is 0.265 e. The van der Waals surface area contributed by atoms with Gasteiger partial charge in [0, 0.05) is 29.3 Å². The molecular weight excluding hydrogens is 510 g/mol. The van der Waals surface area contributed by atoms with Crippen LogP contribution in [0.3, 0.4) is 0 Å². The first-order valence-corrected chi connectivity index (χ1v) is 13.0. The minimum atomic E-state index is -3.85. The minimum absolute atomic E-state index is 0.105. The van der Waals surface area contributed by atoms with Crippen molar-refractivity contribution >= 4 is 49.1 Å². The highest BCUT2D eigenvalue weighted by molar-refractivity contribution is 9.10. The van der Waals surface area contributed by atoms with E-state index < -0.39 is 22.0 Å². The number of nitrogens with zero attached hydrogens (tertiary/aromatic N) is 1. The zero-order chi connectivity index (χ0) is 23.9. The van der Waals surface area contributed by atoms with Crippen LogP contribution in [0.25, 0.3) is 0 Å². The van der Waals surface area contributed by atoms with E-state index in [4.69, 9.17) is 4.74 Å². The number of rotatable bonds is 4. The van der Waals surface area contributed by atoms with Crippen LogP contribution >= 0.6 is 15.9 Å². The number of amides is 2. The number of carbonyl (C=O) groups excluding carboxylic acids is 2. The van der Waals surface area contributed by atoms with E-state index in [0.717, 1.165) is 10.0 Å². The SMILES string of the molecule is Cc1cc(NC(=O)[C@@H]2CCCN(S(=O)(=O)c3cc4c(cc3C)NC(=O)[C@@H](C)O4)C2)ccc1Br. The average Bonchev–Trinajstić information content (AvgIpc) is 2.77. The summed E-state index contributed by atoms with van der Waals surface area (Å²) in [5.74, 6) is -0.601. The lowest BCUT2D eigenvalue weighted by molar-refractivity contribution is -0.123. The Kier molecular flexibility index (Phi) is 6.52. The topological polar surface area (TPSA) is 105 Å². The number of hydrogen-bond acceptors (Lipinski definition) is 5. The van der Waals surface area contributed by atoms with Crippen molar-refractivity contribution in [1.82, 2.24) is 4.31 Å². The van der Waals surface area contributed by atoms with Gasteiger partial charge < -0.3 is 15.4 Å². The number of nitrogens with one attached hydrogen (secondary N) is 2. The van der Waals surface area contributed by atoms with Crippen LogP contribution in [0.1, 0.15) is 30.9 Å². The Morgan fingerprint density at radius 3 is 2.70 bits per heavy atom. The number of aryl methyl sites for hydroxylation is 2. The molecule has 0 unspecified atom stereocenters. The van der Waals surface area contributed by atoms with Crippen molar-refractivity contribution < 1.29 is 22.7 Å². The summed E-state index contributed by atoms with van der Waals surface area (Å²) in [6, 6.07) is 8.62. The summed E-state index contributed by atoms with van der Waals surface area (Å²) in [6.45, 7) is 5.67. The molecule has 0 aliphatic carbocycles. The third-order valence-electron chi connectivity index (χ3n) is 6.01. The van der Waals surface area contributed by atoms with Gasteiger partial charge in [-0.15, -0.1) is 0 Å². The van der Waals surface area contributed by atoms with Gasteiger partial charge in [-0.05, 0) is 69.0 Å². The number of ether oxygens (including phenoxy) is 1. The highest BCUT2D eigenvalue weighted by atomic mass is 79.9. The summed E-state index contributed by atoms with van der Waals surface area (Å²) in [4.78, 5) is 24.9. The van der Waals surface area contributed by atoms with Crippen molar-refractivity contribution in [2.75, 3.05) is 23.7 Å². The average molecular weight is 536 g/mol. The van der Waals surface area contributed by atoms with E-state index >= 15 is 0 Å². The van der Waals surface area contributed by atoms with Crippen LogP contribution in [0.15, 0.2) is 39.7 Å². The number of sulfonamides is 1. The number of piperidine rings is 1. The van der Waals surface area contributed by atoms with Gasteiger partial charge in [0.2, 0.25) is 15.9 Å². The van der Waals surface area contributed by atoms with Crippen molar-refractivity contribution in [1.29, 1.82) is 0 Å². The van der Waals surface area contributed by atoms with Crippen molar-refractivity contribution in [3.8, 4) is 5.75 Å². The second kappa shape index (κ2) is 9.08. The molecule has 33 heavy (non-hydrogen) atoms. The zero-order valence-electron chi connectivity index (χ0n) is 18.6. The first-order valence-electron chi connectivity index (χ1n) is 10.8. The molecule has 4 rings (SSSR count). The third-order valence-corrected chi connectivity index (χ3v) is 8.90. The maximum atomic E-state index is 13.5. The molecule has 1 fully saturated rings. The number of halogens is 1. The standard InChI is InChI=1S/C23H26BrN3O5S/c1-13-9-17(6-7-18(13)24)25-23(29)16-5-4-8-27(12-16)33(30,31)21-11-20-19(10-14(21)2)26-22(28)15(3)32-20/h6-7,9-11,15-16H,4-5,8,12H2,1-3H3,(H,25,29)(H,26,28)/t15-,16-/m1/s1. The molecule has 2 heterocycles. The van der Waals surface area contributed by atoms with E-state index in [1.54, 1.807) is 19.9 Å². The van der Waals surface area contributed by atoms with Gasteiger partial charge in [0.25, 0.3) is 5.91 Å². The van der Waals surface area contributed by atoms with Gasteiger partial charge in [-0.2, -0.15) is 4.31 Å². The predicted molar refractivity (Wildman–Crippen MR) is 129 cm³/mol. The fourth-order valence-corrected chi connectivity index (χ4v) is 6.09. The number of fused-ring (bicyclic) bond motifs is 1. The summed E-state index contributed by atoms with van der Waals surface area (Å²) in [5.41, 5.74) is 2.63. The molecule has 10 heteroatoms. The van der Waals surface area contributed by atoms with Crippen molar-refractivity contribution in [3.05, 3.63) is 45.9 Å². The summed E-state index contributed by atoms with van der Waals surface area (Å²) in [7, 11) is -3.85. The second-order valence-electron chi connectivity index (χ2n) is 8.52. The Hall–Kier alpha value is -2.43. The fraction of sp³-hybridized carbons (Fsp3) is 0.391. The molecule has 2 aromatic carbocycles. The van der Waals surface area contributed by atoms with E-state index in [2.05, 4.69) is 26.6 Å². The molecule has 176 valence electrons. The molecule has 2 atom stereocenters. The molecule has 0 spiro atoms. The van der Waals surface area contributed by atoms with Gasteiger partial charge in [0.15, 0.2) is 6.10 Å². The lowest BCUT2D eigenvalue weighted by atomic mass is 9.98. The van der Waals surface area contributed by atoms with Crippen molar-refractivity contribution in [3.63, 3.8) is 0 Å². The first kappa shape index (κ1) is 23.7. The molecule has 0 saturated carbocycles. The van der Waals surface area contributed by atoms with E-state index in [9.17, 15) is 18.0 Å².